The summed E-state index contributed by atoms with van der Waals surface area (Å²) in [4.78, 5) is 2.42. The van der Waals surface area contributed by atoms with Crippen LogP contribution in [0.3, 0.4) is 0 Å². The highest BCUT2D eigenvalue weighted by atomic mass is 35.5. The van der Waals surface area contributed by atoms with Gasteiger partial charge in [-0.15, -0.1) is 0 Å². The standard InChI is InChI=1S/C33H42ClN5O3S/c1-3-4-15-35-24-27-8-6-26(7-9-27)10-11-28-23-29(12-13-31(28)34)33-30-25-38(43(2,40)41)18-14-32(30)39(36-33)17-5-16-37-19-21-42-22-20-37/h6-9,12-13,23,35H,3-5,14-22,24-25H2,1-2H3. The van der Waals surface area contributed by atoms with Crippen LogP contribution in [-0.4, -0.2) is 79.6 Å². The lowest BCUT2D eigenvalue weighted by molar-refractivity contribution is 0.0368. The highest BCUT2D eigenvalue weighted by Crippen LogP contribution is 2.33. The molecule has 10 heteroatoms. The molecule has 1 aromatic heterocycles. The van der Waals surface area contributed by atoms with E-state index in [0.29, 0.717) is 24.5 Å². The molecule has 2 aliphatic rings. The third-order valence-electron chi connectivity index (χ3n) is 8.09. The second kappa shape index (κ2) is 14.8. The number of sulfonamides is 1. The van der Waals surface area contributed by atoms with E-state index < -0.39 is 10.0 Å². The van der Waals surface area contributed by atoms with Crippen molar-refractivity contribution in [3.8, 4) is 23.1 Å². The zero-order chi connectivity index (χ0) is 30.2. The summed E-state index contributed by atoms with van der Waals surface area (Å²) >= 11 is 6.59. The Morgan fingerprint density at radius 3 is 2.56 bits per heavy atom. The van der Waals surface area contributed by atoms with Crippen LogP contribution in [0.15, 0.2) is 42.5 Å². The van der Waals surface area contributed by atoms with Crippen molar-refractivity contribution >= 4 is 21.6 Å². The minimum absolute atomic E-state index is 0.316. The first kappa shape index (κ1) is 31.7. The summed E-state index contributed by atoms with van der Waals surface area (Å²) in [6.07, 6.45) is 5.24. The number of nitrogens with zero attached hydrogens (tertiary/aromatic N) is 4. The Labute approximate surface area is 261 Å². The van der Waals surface area contributed by atoms with Gasteiger partial charge in [-0.05, 0) is 49.2 Å². The SMILES string of the molecule is CCCCNCc1ccc(C#Cc2cc(-c3nn(CCCN4CCOCC4)c4c3CN(S(C)(=O)=O)CC4)ccc2Cl)cc1. The molecule has 0 spiro atoms. The summed E-state index contributed by atoms with van der Waals surface area (Å²) in [7, 11) is -3.32. The average Bonchev–Trinajstić information content (AvgIpc) is 3.37. The molecule has 8 nitrogen and oxygen atoms in total. The van der Waals surface area contributed by atoms with Crippen LogP contribution in [0.1, 0.15) is 54.1 Å². The van der Waals surface area contributed by atoms with Gasteiger partial charge in [-0.1, -0.05) is 55.0 Å². The summed E-state index contributed by atoms with van der Waals surface area (Å²) in [5, 5.41) is 9.09. The molecule has 1 fully saturated rings. The van der Waals surface area contributed by atoms with Crippen LogP contribution in [0.5, 0.6) is 0 Å². The number of benzene rings is 2. The van der Waals surface area contributed by atoms with Gasteiger partial charge in [-0.3, -0.25) is 9.58 Å². The van der Waals surface area contributed by atoms with Gasteiger partial charge in [0, 0.05) is 80.2 Å². The Kier molecular flexibility index (Phi) is 10.9. The number of halogens is 1. The Morgan fingerprint density at radius 1 is 1.02 bits per heavy atom. The smallest absolute Gasteiger partial charge is 0.211 e. The van der Waals surface area contributed by atoms with Gasteiger partial charge < -0.3 is 10.1 Å². The molecule has 0 aliphatic carbocycles. The summed E-state index contributed by atoms with van der Waals surface area (Å²) < 4.78 is 34.0. The van der Waals surface area contributed by atoms with Crippen molar-refractivity contribution in [1.29, 1.82) is 0 Å². The summed E-state index contributed by atoms with van der Waals surface area (Å²) in [5.74, 6) is 6.51. The molecule has 0 unspecified atom stereocenters. The van der Waals surface area contributed by atoms with E-state index in [9.17, 15) is 8.42 Å². The summed E-state index contributed by atoms with van der Waals surface area (Å²) in [6, 6.07) is 14.1. The van der Waals surface area contributed by atoms with Gasteiger partial charge >= 0.3 is 0 Å². The molecule has 3 aromatic rings. The van der Waals surface area contributed by atoms with E-state index in [2.05, 4.69) is 45.8 Å². The average molecular weight is 624 g/mol. The van der Waals surface area contributed by atoms with Crippen LogP contribution in [0.2, 0.25) is 5.02 Å². The largest absolute Gasteiger partial charge is 0.379 e. The fourth-order valence-corrected chi connectivity index (χ4v) is 6.53. The van der Waals surface area contributed by atoms with E-state index in [1.807, 2.05) is 30.3 Å². The predicted molar refractivity (Wildman–Crippen MR) is 173 cm³/mol. The molecule has 0 atom stereocenters. The highest BCUT2D eigenvalue weighted by molar-refractivity contribution is 7.88. The first-order chi connectivity index (χ1) is 20.8. The van der Waals surface area contributed by atoms with Crippen LogP contribution in [0.25, 0.3) is 11.3 Å². The third-order valence-corrected chi connectivity index (χ3v) is 9.67. The lowest BCUT2D eigenvalue weighted by atomic mass is 10.0. The van der Waals surface area contributed by atoms with Crippen LogP contribution in [0.4, 0.5) is 0 Å². The molecule has 3 heterocycles. The molecule has 0 radical (unpaired) electrons. The molecule has 2 aromatic carbocycles. The van der Waals surface area contributed by atoms with E-state index in [0.717, 1.165) is 92.5 Å². The molecular weight excluding hydrogens is 582 g/mol. The number of ether oxygens (including phenoxy) is 1. The number of aromatic nitrogens is 2. The summed E-state index contributed by atoms with van der Waals surface area (Å²) in [6.45, 7) is 10.1. The first-order valence-electron chi connectivity index (χ1n) is 15.3. The van der Waals surface area contributed by atoms with E-state index in [-0.39, 0.29) is 0 Å². The number of unbranched alkanes of at least 4 members (excludes halogenated alkanes) is 1. The number of fused-ring (bicyclic) bond motifs is 1. The van der Waals surface area contributed by atoms with Gasteiger partial charge in [-0.25, -0.2) is 8.42 Å². The van der Waals surface area contributed by atoms with Gasteiger partial charge in [0.25, 0.3) is 0 Å². The fraction of sp³-hybridized carbons (Fsp3) is 0.485. The van der Waals surface area contributed by atoms with Gasteiger partial charge in [0.15, 0.2) is 0 Å². The number of aryl methyl sites for hydroxylation is 1. The van der Waals surface area contributed by atoms with E-state index in [4.69, 9.17) is 21.4 Å². The second-order valence-electron chi connectivity index (χ2n) is 11.3. The molecule has 1 N–H and O–H groups in total. The van der Waals surface area contributed by atoms with Crippen LogP contribution < -0.4 is 5.32 Å². The Hall–Kier alpha value is -2.71. The van der Waals surface area contributed by atoms with E-state index >= 15 is 0 Å². The van der Waals surface area contributed by atoms with Crippen LogP contribution in [-0.2, 0) is 40.8 Å². The van der Waals surface area contributed by atoms with E-state index in [1.165, 1.54) is 29.0 Å². The molecule has 0 saturated carbocycles. The monoisotopic (exact) mass is 623 g/mol. The van der Waals surface area contributed by atoms with Crippen molar-refractivity contribution in [3.05, 3.63) is 75.4 Å². The predicted octanol–water partition coefficient (Wildman–Crippen LogP) is 4.53. The Bertz CT molecular complexity index is 1550. The van der Waals surface area contributed by atoms with Crippen molar-refractivity contribution in [2.75, 3.05) is 52.2 Å². The number of nitrogens with one attached hydrogen (secondary N) is 1. The zero-order valence-electron chi connectivity index (χ0n) is 25.2. The number of hydrogen-bond acceptors (Lipinski definition) is 6. The van der Waals surface area contributed by atoms with Crippen LogP contribution in [0, 0.1) is 11.8 Å². The lowest BCUT2D eigenvalue weighted by Gasteiger charge is -2.27. The number of rotatable bonds is 11. The second-order valence-corrected chi connectivity index (χ2v) is 13.7. The van der Waals surface area contributed by atoms with Gasteiger partial charge in [-0.2, -0.15) is 9.40 Å². The minimum Gasteiger partial charge on any atom is -0.379 e. The molecule has 230 valence electrons. The van der Waals surface area contributed by atoms with Crippen LogP contribution >= 0.6 is 11.6 Å². The maximum absolute atomic E-state index is 12.5. The van der Waals surface area contributed by atoms with Crippen molar-refractivity contribution in [2.24, 2.45) is 0 Å². The molecule has 5 rings (SSSR count). The summed E-state index contributed by atoms with van der Waals surface area (Å²) in [5.41, 5.74) is 6.64. The van der Waals surface area contributed by atoms with E-state index in [1.54, 1.807) is 0 Å². The molecule has 0 amide bonds. The molecule has 2 aliphatic heterocycles. The third kappa shape index (κ3) is 8.48. The quantitative estimate of drug-likeness (QED) is 0.250. The van der Waals surface area contributed by atoms with Crippen molar-refractivity contribution < 1.29 is 13.2 Å². The molecule has 1 saturated heterocycles. The normalized spacial score (nSPS) is 16.1. The number of hydrogen-bond donors (Lipinski definition) is 1. The lowest BCUT2D eigenvalue weighted by Crippen LogP contribution is -2.37. The zero-order valence-corrected chi connectivity index (χ0v) is 26.8. The van der Waals surface area contributed by atoms with Crippen molar-refractivity contribution in [3.63, 3.8) is 0 Å². The van der Waals surface area contributed by atoms with Gasteiger partial charge in [0.1, 0.15) is 0 Å². The number of morpholine rings is 1. The fourth-order valence-electron chi connectivity index (χ4n) is 5.58. The van der Waals surface area contributed by atoms with Crippen molar-refractivity contribution in [1.82, 2.24) is 24.3 Å². The maximum atomic E-state index is 12.5. The minimum atomic E-state index is -3.32. The molecule has 0 bridgehead atoms. The topological polar surface area (TPSA) is 79.7 Å². The van der Waals surface area contributed by atoms with Crippen molar-refractivity contribution in [2.45, 2.75) is 52.2 Å². The highest BCUT2D eigenvalue weighted by Gasteiger charge is 2.30. The van der Waals surface area contributed by atoms with Gasteiger partial charge in [0.2, 0.25) is 10.0 Å². The first-order valence-corrected chi connectivity index (χ1v) is 17.5. The molecule has 43 heavy (non-hydrogen) atoms. The Morgan fingerprint density at radius 2 is 1.81 bits per heavy atom. The maximum Gasteiger partial charge on any atom is 0.211 e. The molecular formula is C33H42ClN5O3S. The van der Waals surface area contributed by atoms with Gasteiger partial charge in [0.05, 0.1) is 30.2 Å². The Balaban J connectivity index is 1.37.